The van der Waals surface area contributed by atoms with Crippen molar-refractivity contribution in [3.8, 4) is 11.1 Å². The molecule has 0 spiro atoms. The molecule has 0 bridgehead atoms. The van der Waals surface area contributed by atoms with Crippen LogP contribution >= 0.6 is 0 Å². The molecule has 19 heavy (non-hydrogen) atoms. The Kier molecular flexibility index (Phi) is 3.57. The Bertz CT molecular complexity index is 576. The van der Waals surface area contributed by atoms with Crippen molar-refractivity contribution in [3.63, 3.8) is 0 Å². The van der Waals surface area contributed by atoms with Gasteiger partial charge in [0, 0.05) is 11.8 Å². The van der Waals surface area contributed by atoms with Gasteiger partial charge in [0.1, 0.15) is 5.69 Å². The van der Waals surface area contributed by atoms with Gasteiger partial charge in [-0.1, -0.05) is 24.3 Å². The van der Waals surface area contributed by atoms with Gasteiger partial charge in [-0.25, -0.2) is 0 Å². The van der Waals surface area contributed by atoms with Gasteiger partial charge in [0.05, 0.1) is 6.61 Å². The predicted molar refractivity (Wildman–Crippen MR) is 65.3 cm³/mol. The minimum Gasteiger partial charge on any atom is -0.392 e. The van der Waals surface area contributed by atoms with Crippen LogP contribution in [0.4, 0.5) is 13.2 Å². The maximum Gasteiger partial charge on any atom is 0.433 e. The van der Waals surface area contributed by atoms with Crippen molar-refractivity contribution in [2.45, 2.75) is 19.7 Å². The molecule has 0 saturated carbocycles. The zero-order chi connectivity index (χ0) is 14.0. The average Bonchev–Trinajstić information content (AvgIpc) is 2.37. The van der Waals surface area contributed by atoms with E-state index in [1.807, 2.05) is 6.92 Å². The Morgan fingerprint density at radius 2 is 1.89 bits per heavy atom. The number of benzene rings is 1. The van der Waals surface area contributed by atoms with Gasteiger partial charge < -0.3 is 5.11 Å². The van der Waals surface area contributed by atoms with Gasteiger partial charge >= 0.3 is 6.18 Å². The molecule has 1 N–H and O–H groups in total. The summed E-state index contributed by atoms with van der Waals surface area (Å²) in [4.78, 5) is 3.44. The summed E-state index contributed by atoms with van der Waals surface area (Å²) in [7, 11) is 0. The summed E-state index contributed by atoms with van der Waals surface area (Å²) in [5, 5.41) is 9.01. The summed E-state index contributed by atoms with van der Waals surface area (Å²) in [6.07, 6.45) is -3.21. The van der Waals surface area contributed by atoms with Crippen LogP contribution in [0.2, 0.25) is 0 Å². The predicted octanol–water partition coefficient (Wildman–Crippen LogP) is 3.57. The van der Waals surface area contributed by atoms with Gasteiger partial charge in [-0.15, -0.1) is 0 Å². The summed E-state index contributed by atoms with van der Waals surface area (Å²) in [5.41, 5.74) is 2.17. The number of hydrogen-bond donors (Lipinski definition) is 1. The lowest BCUT2D eigenvalue weighted by atomic mass is 10.00. The van der Waals surface area contributed by atoms with E-state index in [1.165, 1.54) is 12.3 Å². The summed E-state index contributed by atoms with van der Waals surface area (Å²) in [6.45, 7) is 1.78. The second-order valence-electron chi connectivity index (χ2n) is 4.24. The Morgan fingerprint density at radius 1 is 1.16 bits per heavy atom. The number of aliphatic hydroxyl groups excluding tert-OH is 1. The number of halogens is 3. The van der Waals surface area contributed by atoms with Gasteiger partial charge in [-0.3, -0.25) is 4.98 Å². The van der Waals surface area contributed by atoms with Crippen LogP contribution in [0.25, 0.3) is 11.1 Å². The maximum absolute atomic E-state index is 12.4. The fourth-order valence-electron chi connectivity index (χ4n) is 1.87. The lowest BCUT2D eigenvalue weighted by molar-refractivity contribution is -0.141. The normalized spacial score (nSPS) is 11.6. The largest absolute Gasteiger partial charge is 0.433 e. The van der Waals surface area contributed by atoms with Crippen LogP contribution in [-0.2, 0) is 12.8 Å². The van der Waals surface area contributed by atoms with Crippen molar-refractivity contribution in [1.82, 2.24) is 4.98 Å². The van der Waals surface area contributed by atoms with E-state index in [-0.39, 0.29) is 6.61 Å². The zero-order valence-electron chi connectivity index (χ0n) is 10.2. The number of aliphatic hydroxyl groups is 1. The third-order valence-corrected chi connectivity index (χ3v) is 2.84. The Labute approximate surface area is 108 Å². The molecule has 1 aromatic heterocycles. The molecule has 0 aliphatic rings. The second kappa shape index (κ2) is 5.01. The maximum atomic E-state index is 12.4. The summed E-state index contributed by atoms with van der Waals surface area (Å²) in [6, 6.07) is 7.67. The van der Waals surface area contributed by atoms with Gasteiger partial charge in [0.25, 0.3) is 0 Å². The van der Waals surface area contributed by atoms with Crippen LogP contribution in [0, 0.1) is 6.92 Å². The minimum atomic E-state index is -4.42. The Balaban J connectivity index is 2.37. The number of pyridine rings is 1. The van der Waals surface area contributed by atoms with E-state index in [9.17, 15) is 13.2 Å². The highest BCUT2D eigenvalue weighted by atomic mass is 19.4. The summed E-state index contributed by atoms with van der Waals surface area (Å²) < 4.78 is 37.2. The number of alkyl halides is 3. The van der Waals surface area contributed by atoms with E-state index < -0.39 is 11.9 Å². The van der Waals surface area contributed by atoms with Crippen molar-refractivity contribution in [1.29, 1.82) is 0 Å². The third-order valence-electron chi connectivity index (χ3n) is 2.84. The molecule has 2 rings (SSSR count). The highest BCUT2D eigenvalue weighted by Gasteiger charge is 2.32. The minimum absolute atomic E-state index is 0.0631. The molecule has 100 valence electrons. The Hall–Kier alpha value is -1.88. The highest BCUT2D eigenvalue weighted by Crippen LogP contribution is 2.30. The summed E-state index contributed by atoms with van der Waals surface area (Å²) >= 11 is 0. The van der Waals surface area contributed by atoms with E-state index in [0.29, 0.717) is 5.56 Å². The second-order valence-corrected chi connectivity index (χ2v) is 4.24. The van der Waals surface area contributed by atoms with Gasteiger partial charge in [0.2, 0.25) is 0 Å². The first-order valence-electron chi connectivity index (χ1n) is 5.66. The van der Waals surface area contributed by atoms with E-state index >= 15 is 0 Å². The fourth-order valence-corrected chi connectivity index (χ4v) is 1.87. The molecular weight excluding hydrogens is 255 g/mol. The number of aryl methyl sites for hydroxylation is 1. The number of nitrogens with zero attached hydrogens (tertiary/aromatic N) is 1. The average molecular weight is 267 g/mol. The number of aromatic nitrogens is 1. The molecule has 5 heteroatoms. The molecular formula is C14H12F3NO. The lowest BCUT2D eigenvalue weighted by Crippen LogP contribution is -2.07. The molecule has 2 nitrogen and oxygen atoms in total. The van der Waals surface area contributed by atoms with Gasteiger partial charge in [-0.2, -0.15) is 13.2 Å². The molecule has 0 aliphatic heterocycles. The topological polar surface area (TPSA) is 33.1 Å². The molecule has 1 aromatic carbocycles. The van der Waals surface area contributed by atoms with E-state index in [0.717, 1.165) is 22.8 Å². The van der Waals surface area contributed by atoms with Crippen molar-refractivity contribution >= 4 is 0 Å². The molecule has 0 atom stereocenters. The van der Waals surface area contributed by atoms with E-state index in [1.54, 1.807) is 18.2 Å². The molecule has 0 saturated heterocycles. The molecule has 0 unspecified atom stereocenters. The molecule has 0 amide bonds. The monoisotopic (exact) mass is 267 g/mol. The standard InChI is InChI=1S/C14H12F3NO/c1-9-6-10(8-19)2-4-12(9)11-3-5-13(18-7-11)14(15,16)17/h2-7,19H,8H2,1H3. The lowest BCUT2D eigenvalue weighted by Gasteiger charge is -2.09. The van der Waals surface area contributed by atoms with Crippen LogP contribution in [0.5, 0.6) is 0 Å². The molecule has 2 aromatic rings. The smallest absolute Gasteiger partial charge is 0.392 e. The molecule has 1 heterocycles. The van der Waals surface area contributed by atoms with Gasteiger partial charge in [-0.05, 0) is 29.7 Å². The van der Waals surface area contributed by atoms with E-state index in [2.05, 4.69) is 4.98 Å². The van der Waals surface area contributed by atoms with Crippen LogP contribution < -0.4 is 0 Å². The van der Waals surface area contributed by atoms with Gasteiger partial charge in [0.15, 0.2) is 0 Å². The first-order valence-corrected chi connectivity index (χ1v) is 5.66. The molecule has 0 radical (unpaired) electrons. The van der Waals surface area contributed by atoms with Crippen LogP contribution in [-0.4, -0.2) is 10.1 Å². The number of rotatable bonds is 2. The van der Waals surface area contributed by atoms with E-state index in [4.69, 9.17) is 5.11 Å². The van der Waals surface area contributed by atoms with Crippen molar-refractivity contribution in [2.24, 2.45) is 0 Å². The first kappa shape index (κ1) is 13.5. The SMILES string of the molecule is Cc1cc(CO)ccc1-c1ccc(C(F)(F)F)nc1. The zero-order valence-corrected chi connectivity index (χ0v) is 10.2. The van der Waals surface area contributed by atoms with Crippen molar-refractivity contribution in [3.05, 3.63) is 53.3 Å². The Morgan fingerprint density at radius 3 is 2.37 bits per heavy atom. The first-order chi connectivity index (χ1) is 8.91. The van der Waals surface area contributed by atoms with Crippen LogP contribution in [0.15, 0.2) is 36.5 Å². The van der Waals surface area contributed by atoms with Crippen LogP contribution in [0.1, 0.15) is 16.8 Å². The third kappa shape index (κ3) is 2.93. The van der Waals surface area contributed by atoms with Crippen molar-refractivity contribution in [2.75, 3.05) is 0 Å². The van der Waals surface area contributed by atoms with Crippen molar-refractivity contribution < 1.29 is 18.3 Å². The number of hydrogen-bond acceptors (Lipinski definition) is 2. The highest BCUT2D eigenvalue weighted by molar-refractivity contribution is 5.66. The quantitative estimate of drug-likeness (QED) is 0.902. The molecule has 0 fully saturated rings. The van der Waals surface area contributed by atoms with Crippen LogP contribution in [0.3, 0.4) is 0 Å². The summed E-state index contributed by atoms with van der Waals surface area (Å²) in [5.74, 6) is 0. The fraction of sp³-hybridized carbons (Fsp3) is 0.214. The molecule has 0 aliphatic carbocycles.